The lowest BCUT2D eigenvalue weighted by molar-refractivity contribution is -0.143. The van der Waals surface area contributed by atoms with Crippen LogP contribution in [0.1, 0.15) is 24.8 Å². The summed E-state index contributed by atoms with van der Waals surface area (Å²) in [5.41, 5.74) is 6.82. The smallest absolute Gasteiger partial charge is 0.326 e. The fourth-order valence-corrected chi connectivity index (χ4v) is 3.01. The minimum atomic E-state index is -1.36. The fraction of sp³-hybridized carbons (Fsp3) is 0.474. The van der Waals surface area contributed by atoms with E-state index < -0.39 is 48.3 Å². The molecule has 2 amide bonds. The quantitative estimate of drug-likeness (QED) is 0.300. The maximum atomic E-state index is 12.5. The number of carbonyl (C=O) groups is 4. The number of rotatable bonds is 13. The molecule has 160 valence electrons. The molecule has 1 aromatic rings. The molecule has 0 aliphatic rings. The number of carbonyl (C=O) groups excluding carboxylic acids is 2. The first-order valence-electron chi connectivity index (χ1n) is 9.08. The second-order valence-corrected chi connectivity index (χ2v) is 7.46. The Morgan fingerprint density at radius 3 is 2.17 bits per heavy atom. The molecular formula is C19H27N3O6S. The molecule has 3 unspecified atom stereocenters. The Morgan fingerprint density at radius 1 is 1.00 bits per heavy atom. The van der Waals surface area contributed by atoms with E-state index in [1.165, 1.54) is 11.8 Å². The minimum Gasteiger partial charge on any atom is -0.481 e. The first-order valence-corrected chi connectivity index (χ1v) is 10.5. The van der Waals surface area contributed by atoms with Gasteiger partial charge in [0, 0.05) is 6.42 Å². The van der Waals surface area contributed by atoms with Crippen molar-refractivity contribution in [3.05, 3.63) is 35.9 Å². The summed E-state index contributed by atoms with van der Waals surface area (Å²) < 4.78 is 0. The summed E-state index contributed by atoms with van der Waals surface area (Å²) in [6.45, 7) is 0. The van der Waals surface area contributed by atoms with Gasteiger partial charge in [-0.3, -0.25) is 14.4 Å². The second kappa shape index (κ2) is 12.8. The van der Waals surface area contributed by atoms with Crippen LogP contribution in [0.5, 0.6) is 0 Å². The standard InChI is InChI=1S/C19H27N3O6S/c1-29-10-9-14(18(26)22-15(19(27)28)7-8-16(23)24)21-17(25)13(20)11-12-5-3-2-4-6-12/h2-6,13-15H,7-11,20H2,1H3,(H,21,25)(H,22,26)(H,23,24)(H,27,28). The van der Waals surface area contributed by atoms with E-state index in [1.807, 2.05) is 36.6 Å². The van der Waals surface area contributed by atoms with E-state index in [-0.39, 0.29) is 12.8 Å². The van der Waals surface area contributed by atoms with Gasteiger partial charge in [-0.25, -0.2) is 4.79 Å². The van der Waals surface area contributed by atoms with Crippen molar-refractivity contribution in [1.82, 2.24) is 10.6 Å². The van der Waals surface area contributed by atoms with Gasteiger partial charge >= 0.3 is 11.9 Å². The van der Waals surface area contributed by atoms with Gasteiger partial charge in [0.25, 0.3) is 0 Å². The number of benzene rings is 1. The number of amides is 2. The third-order valence-electron chi connectivity index (χ3n) is 4.14. The van der Waals surface area contributed by atoms with E-state index in [9.17, 15) is 24.3 Å². The van der Waals surface area contributed by atoms with E-state index in [2.05, 4.69) is 10.6 Å². The average molecular weight is 426 g/mol. The van der Waals surface area contributed by atoms with E-state index in [0.717, 1.165) is 5.56 Å². The number of aliphatic carboxylic acids is 2. The molecular weight excluding hydrogens is 398 g/mol. The van der Waals surface area contributed by atoms with Crippen molar-refractivity contribution in [2.75, 3.05) is 12.0 Å². The highest BCUT2D eigenvalue weighted by atomic mass is 32.2. The van der Waals surface area contributed by atoms with Gasteiger partial charge in [-0.2, -0.15) is 11.8 Å². The molecule has 1 aromatic carbocycles. The number of nitrogens with two attached hydrogens (primary N) is 1. The van der Waals surface area contributed by atoms with Crippen LogP contribution in [0.25, 0.3) is 0 Å². The lowest BCUT2D eigenvalue weighted by atomic mass is 10.1. The van der Waals surface area contributed by atoms with Crippen molar-refractivity contribution in [2.24, 2.45) is 5.73 Å². The molecule has 0 heterocycles. The van der Waals surface area contributed by atoms with E-state index in [0.29, 0.717) is 12.2 Å². The predicted octanol–water partition coefficient (Wildman–Crippen LogP) is 0.229. The number of carboxylic acid groups (broad SMARTS) is 2. The van der Waals surface area contributed by atoms with Crippen LogP contribution < -0.4 is 16.4 Å². The molecule has 0 bridgehead atoms. The molecule has 0 saturated heterocycles. The highest BCUT2D eigenvalue weighted by molar-refractivity contribution is 7.98. The SMILES string of the molecule is CSCCC(NC(=O)C(N)Cc1ccccc1)C(=O)NC(CCC(=O)O)C(=O)O. The molecule has 0 aliphatic carbocycles. The average Bonchev–Trinajstić information content (AvgIpc) is 2.68. The van der Waals surface area contributed by atoms with Gasteiger partial charge < -0.3 is 26.6 Å². The van der Waals surface area contributed by atoms with Gasteiger partial charge in [0.1, 0.15) is 12.1 Å². The van der Waals surface area contributed by atoms with E-state index >= 15 is 0 Å². The Balaban J connectivity index is 2.75. The number of thioether (sulfide) groups is 1. The summed E-state index contributed by atoms with van der Waals surface area (Å²) in [6.07, 6.45) is 1.75. The summed E-state index contributed by atoms with van der Waals surface area (Å²) in [7, 11) is 0. The minimum absolute atomic E-state index is 0.257. The largest absolute Gasteiger partial charge is 0.481 e. The summed E-state index contributed by atoms with van der Waals surface area (Å²) in [6, 6.07) is 5.99. The van der Waals surface area contributed by atoms with Crippen molar-refractivity contribution in [2.45, 2.75) is 43.8 Å². The molecule has 0 saturated carbocycles. The molecule has 1 rings (SSSR count). The van der Waals surface area contributed by atoms with Crippen LogP contribution in [-0.2, 0) is 25.6 Å². The van der Waals surface area contributed by atoms with Gasteiger partial charge in [-0.15, -0.1) is 0 Å². The van der Waals surface area contributed by atoms with Crippen LogP contribution in [0.2, 0.25) is 0 Å². The lowest BCUT2D eigenvalue weighted by Crippen LogP contribution is -2.55. The zero-order valence-electron chi connectivity index (χ0n) is 16.2. The number of carboxylic acids is 2. The molecule has 9 nitrogen and oxygen atoms in total. The third kappa shape index (κ3) is 9.44. The molecule has 0 aliphatic heterocycles. The van der Waals surface area contributed by atoms with E-state index in [4.69, 9.17) is 10.8 Å². The summed E-state index contributed by atoms with van der Waals surface area (Å²) in [4.78, 5) is 47.0. The van der Waals surface area contributed by atoms with Gasteiger partial charge in [0.15, 0.2) is 0 Å². The normalized spacial score (nSPS) is 13.7. The van der Waals surface area contributed by atoms with E-state index in [1.54, 1.807) is 0 Å². The Morgan fingerprint density at radius 2 is 1.62 bits per heavy atom. The van der Waals surface area contributed by atoms with Gasteiger partial charge in [-0.05, 0) is 36.8 Å². The van der Waals surface area contributed by atoms with Crippen molar-refractivity contribution in [1.29, 1.82) is 0 Å². The molecule has 29 heavy (non-hydrogen) atoms. The lowest BCUT2D eigenvalue weighted by Gasteiger charge is -2.22. The highest BCUT2D eigenvalue weighted by Gasteiger charge is 2.28. The monoisotopic (exact) mass is 425 g/mol. The predicted molar refractivity (Wildman–Crippen MR) is 109 cm³/mol. The zero-order valence-corrected chi connectivity index (χ0v) is 17.0. The van der Waals surface area contributed by atoms with Gasteiger partial charge in [0.05, 0.1) is 6.04 Å². The second-order valence-electron chi connectivity index (χ2n) is 6.47. The maximum absolute atomic E-state index is 12.5. The Labute approximate surface area is 173 Å². The first-order chi connectivity index (χ1) is 13.7. The Hall–Kier alpha value is -2.59. The van der Waals surface area contributed by atoms with Crippen molar-refractivity contribution in [3.8, 4) is 0 Å². The first kappa shape index (κ1) is 24.4. The van der Waals surface area contributed by atoms with Crippen molar-refractivity contribution in [3.63, 3.8) is 0 Å². The number of hydrogen-bond donors (Lipinski definition) is 5. The summed E-state index contributed by atoms with van der Waals surface area (Å²) in [5.74, 6) is -3.15. The van der Waals surface area contributed by atoms with Gasteiger partial charge in [0.2, 0.25) is 11.8 Å². The zero-order chi connectivity index (χ0) is 21.8. The number of nitrogens with one attached hydrogen (secondary N) is 2. The summed E-state index contributed by atoms with van der Waals surface area (Å²) >= 11 is 1.47. The van der Waals surface area contributed by atoms with Crippen LogP contribution in [0.4, 0.5) is 0 Å². The molecule has 3 atom stereocenters. The molecule has 10 heteroatoms. The number of hydrogen-bond acceptors (Lipinski definition) is 6. The van der Waals surface area contributed by atoms with Crippen LogP contribution in [0, 0.1) is 0 Å². The Kier molecular flexibility index (Phi) is 10.8. The molecule has 0 spiro atoms. The molecule has 0 aromatic heterocycles. The van der Waals surface area contributed by atoms with Crippen LogP contribution in [0.15, 0.2) is 30.3 Å². The topological polar surface area (TPSA) is 159 Å². The molecule has 6 N–H and O–H groups in total. The molecule has 0 radical (unpaired) electrons. The fourth-order valence-electron chi connectivity index (χ4n) is 2.54. The van der Waals surface area contributed by atoms with Crippen LogP contribution in [0.3, 0.4) is 0 Å². The van der Waals surface area contributed by atoms with Gasteiger partial charge in [-0.1, -0.05) is 30.3 Å². The molecule has 0 fully saturated rings. The Bertz CT molecular complexity index is 700. The summed E-state index contributed by atoms with van der Waals surface area (Å²) in [5, 5.41) is 22.8. The van der Waals surface area contributed by atoms with Crippen molar-refractivity contribution < 1.29 is 29.4 Å². The van der Waals surface area contributed by atoms with Crippen LogP contribution >= 0.6 is 11.8 Å². The van der Waals surface area contributed by atoms with Crippen LogP contribution in [-0.4, -0.2) is 64.1 Å². The highest BCUT2D eigenvalue weighted by Crippen LogP contribution is 2.06. The van der Waals surface area contributed by atoms with Crippen molar-refractivity contribution >= 4 is 35.5 Å². The third-order valence-corrected chi connectivity index (χ3v) is 4.78. The maximum Gasteiger partial charge on any atom is 0.326 e.